The van der Waals surface area contributed by atoms with Gasteiger partial charge >= 0.3 is 0 Å². The highest BCUT2D eigenvalue weighted by Gasteiger charge is 2.22. The molecule has 0 aromatic heterocycles. The summed E-state index contributed by atoms with van der Waals surface area (Å²) in [4.78, 5) is 26.3. The van der Waals surface area contributed by atoms with Crippen molar-refractivity contribution in [1.29, 1.82) is 0 Å². The van der Waals surface area contributed by atoms with E-state index in [1.165, 1.54) is 12.8 Å². The van der Waals surface area contributed by atoms with E-state index < -0.39 is 0 Å². The van der Waals surface area contributed by atoms with Gasteiger partial charge in [0.15, 0.2) is 0 Å². The molecule has 2 N–H and O–H groups in total. The van der Waals surface area contributed by atoms with E-state index in [1.807, 2.05) is 29.2 Å². The summed E-state index contributed by atoms with van der Waals surface area (Å²) in [5.41, 5.74) is 1.90. The predicted molar refractivity (Wildman–Crippen MR) is 111 cm³/mol. The van der Waals surface area contributed by atoms with Gasteiger partial charge in [0.05, 0.1) is 0 Å². The van der Waals surface area contributed by atoms with Gasteiger partial charge < -0.3 is 15.5 Å². The quantitative estimate of drug-likeness (QED) is 0.776. The van der Waals surface area contributed by atoms with Gasteiger partial charge in [-0.15, -0.1) is 12.4 Å². The molecule has 1 aromatic rings. The average molecular weight is 394 g/mol. The number of anilines is 1. The van der Waals surface area contributed by atoms with Gasteiger partial charge in [0.25, 0.3) is 0 Å². The minimum absolute atomic E-state index is 0. The highest BCUT2D eigenvalue weighted by atomic mass is 35.5. The van der Waals surface area contributed by atoms with Crippen molar-refractivity contribution < 1.29 is 9.59 Å². The summed E-state index contributed by atoms with van der Waals surface area (Å²) in [5.74, 6) is 1.29. The Morgan fingerprint density at radius 3 is 2.93 bits per heavy atom. The molecule has 27 heavy (non-hydrogen) atoms. The largest absolute Gasteiger partial charge is 0.338 e. The molecule has 0 saturated carbocycles. The van der Waals surface area contributed by atoms with Crippen molar-refractivity contribution in [1.82, 2.24) is 10.2 Å². The smallest absolute Gasteiger partial charge is 0.224 e. The molecule has 6 heteroatoms. The van der Waals surface area contributed by atoms with Crippen LogP contribution in [-0.4, -0.2) is 36.3 Å². The first kappa shape index (κ1) is 21.7. The van der Waals surface area contributed by atoms with Crippen LogP contribution < -0.4 is 10.6 Å². The summed E-state index contributed by atoms with van der Waals surface area (Å²) < 4.78 is 0. The van der Waals surface area contributed by atoms with Gasteiger partial charge in [-0.2, -0.15) is 0 Å². The van der Waals surface area contributed by atoms with E-state index in [0.29, 0.717) is 31.2 Å². The minimum Gasteiger partial charge on any atom is -0.338 e. The molecule has 2 aliphatic heterocycles. The molecule has 2 atom stereocenters. The van der Waals surface area contributed by atoms with E-state index in [2.05, 4.69) is 17.6 Å². The lowest BCUT2D eigenvalue weighted by Gasteiger charge is -2.28. The molecular weight excluding hydrogens is 362 g/mol. The molecule has 0 spiro atoms. The normalized spacial score (nSPS) is 21.3. The molecule has 2 saturated heterocycles. The number of hydrogen-bond acceptors (Lipinski definition) is 3. The molecule has 0 radical (unpaired) electrons. The fraction of sp³-hybridized carbons (Fsp3) is 0.619. The fourth-order valence-electron chi connectivity index (χ4n) is 4.03. The zero-order valence-corrected chi connectivity index (χ0v) is 17.0. The van der Waals surface area contributed by atoms with Gasteiger partial charge in [-0.25, -0.2) is 0 Å². The van der Waals surface area contributed by atoms with E-state index in [-0.39, 0.29) is 24.2 Å². The number of carbonyl (C=O) groups excluding carboxylic acids is 2. The van der Waals surface area contributed by atoms with Crippen LogP contribution in [0.15, 0.2) is 24.3 Å². The first-order chi connectivity index (χ1) is 12.6. The maximum absolute atomic E-state index is 12.4. The Balaban J connectivity index is 0.00000261. The Morgan fingerprint density at radius 1 is 1.33 bits per heavy atom. The Labute approximate surface area is 168 Å². The third-order valence-corrected chi connectivity index (χ3v) is 5.65. The van der Waals surface area contributed by atoms with Crippen molar-refractivity contribution in [2.45, 2.75) is 52.0 Å². The zero-order valence-electron chi connectivity index (χ0n) is 16.2. The summed E-state index contributed by atoms with van der Waals surface area (Å²) in [6, 6.07) is 7.89. The number of piperidine rings is 2. The van der Waals surface area contributed by atoms with E-state index >= 15 is 0 Å². The fourth-order valence-corrected chi connectivity index (χ4v) is 4.03. The summed E-state index contributed by atoms with van der Waals surface area (Å²) in [5, 5.41) is 6.46. The number of nitrogens with one attached hydrogen (secondary N) is 2. The van der Waals surface area contributed by atoms with Crippen LogP contribution in [0.5, 0.6) is 0 Å². The maximum atomic E-state index is 12.4. The second kappa shape index (κ2) is 10.7. The first-order valence-corrected chi connectivity index (χ1v) is 9.99. The average Bonchev–Trinajstić information content (AvgIpc) is 2.64. The van der Waals surface area contributed by atoms with Crippen LogP contribution in [0.2, 0.25) is 0 Å². The first-order valence-electron chi connectivity index (χ1n) is 9.99. The molecule has 2 fully saturated rings. The van der Waals surface area contributed by atoms with E-state index in [9.17, 15) is 9.59 Å². The number of nitrogens with zero attached hydrogens (tertiary/aromatic N) is 1. The van der Waals surface area contributed by atoms with Gasteiger partial charge in [0.2, 0.25) is 11.8 Å². The van der Waals surface area contributed by atoms with Gasteiger partial charge in [-0.3, -0.25) is 9.59 Å². The minimum atomic E-state index is 0. The summed E-state index contributed by atoms with van der Waals surface area (Å²) in [6.07, 6.45) is 5.70. The van der Waals surface area contributed by atoms with Gasteiger partial charge in [0.1, 0.15) is 0 Å². The molecule has 150 valence electrons. The molecule has 0 aliphatic carbocycles. The van der Waals surface area contributed by atoms with Gasteiger partial charge in [-0.05, 0) is 68.3 Å². The van der Waals surface area contributed by atoms with Crippen molar-refractivity contribution in [2.24, 2.45) is 11.8 Å². The Hall–Kier alpha value is -1.59. The maximum Gasteiger partial charge on any atom is 0.224 e. The molecule has 0 bridgehead atoms. The van der Waals surface area contributed by atoms with Crippen molar-refractivity contribution in [3.05, 3.63) is 29.8 Å². The summed E-state index contributed by atoms with van der Waals surface area (Å²) in [6.45, 7) is 5.76. The SMILES string of the molecule is CC(CC(=O)Nc1cccc(CN2CCCCC2=O)c1)C1CCCNC1.Cl. The van der Waals surface area contributed by atoms with Crippen LogP contribution >= 0.6 is 12.4 Å². The van der Waals surface area contributed by atoms with Crippen LogP contribution in [-0.2, 0) is 16.1 Å². The molecule has 2 aliphatic rings. The van der Waals surface area contributed by atoms with Crippen LogP contribution in [0, 0.1) is 11.8 Å². The molecule has 5 nitrogen and oxygen atoms in total. The number of likely N-dealkylation sites (tertiary alicyclic amines) is 1. The standard InChI is InChI=1S/C21H31N3O2.ClH/c1-16(18-7-5-10-22-14-18)12-20(25)23-19-8-4-6-17(13-19)15-24-11-3-2-9-21(24)26;/h4,6,8,13,16,18,22H,2-3,5,7,9-12,14-15H2,1H3,(H,23,25);1H. The summed E-state index contributed by atoms with van der Waals surface area (Å²) >= 11 is 0. The lowest BCUT2D eigenvalue weighted by atomic mass is 9.85. The highest BCUT2D eigenvalue weighted by molar-refractivity contribution is 5.91. The van der Waals surface area contributed by atoms with Crippen molar-refractivity contribution >= 4 is 29.9 Å². The number of carbonyl (C=O) groups is 2. The van der Waals surface area contributed by atoms with Crippen molar-refractivity contribution in [2.75, 3.05) is 25.0 Å². The van der Waals surface area contributed by atoms with Crippen LogP contribution in [0.25, 0.3) is 0 Å². The monoisotopic (exact) mass is 393 g/mol. The predicted octanol–water partition coefficient (Wildman–Crippen LogP) is 3.59. The second-order valence-corrected chi connectivity index (χ2v) is 7.81. The number of amides is 2. The number of rotatable bonds is 6. The second-order valence-electron chi connectivity index (χ2n) is 7.81. The van der Waals surface area contributed by atoms with Crippen LogP contribution in [0.3, 0.4) is 0 Å². The Kier molecular flexibility index (Phi) is 8.58. The molecule has 2 heterocycles. The molecule has 2 amide bonds. The lowest BCUT2D eigenvalue weighted by molar-refractivity contribution is -0.133. The van der Waals surface area contributed by atoms with E-state index in [0.717, 1.165) is 43.7 Å². The van der Waals surface area contributed by atoms with E-state index in [1.54, 1.807) is 0 Å². The molecule has 2 unspecified atom stereocenters. The Bertz CT molecular complexity index is 632. The number of halogens is 1. The van der Waals surface area contributed by atoms with Gasteiger partial charge in [0, 0.05) is 31.6 Å². The topological polar surface area (TPSA) is 61.4 Å². The van der Waals surface area contributed by atoms with Gasteiger partial charge in [-0.1, -0.05) is 19.1 Å². The highest BCUT2D eigenvalue weighted by Crippen LogP contribution is 2.23. The molecule has 3 rings (SSSR count). The third-order valence-electron chi connectivity index (χ3n) is 5.65. The number of hydrogen-bond donors (Lipinski definition) is 2. The summed E-state index contributed by atoms with van der Waals surface area (Å²) in [7, 11) is 0. The third kappa shape index (κ3) is 6.51. The molecular formula is C21H32ClN3O2. The number of benzene rings is 1. The van der Waals surface area contributed by atoms with E-state index in [4.69, 9.17) is 0 Å². The van der Waals surface area contributed by atoms with Crippen molar-refractivity contribution in [3.8, 4) is 0 Å². The van der Waals surface area contributed by atoms with Crippen LogP contribution in [0.4, 0.5) is 5.69 Å². The zero-order chi connectivity index (χ0) is 18.4. The van der Waals surface area contributed by atoms with Crippen LogP contribution in [0.1, 0.15) is 51.0 Å². The van der Waals surface area contributed by atoms with Crippen molar-refractivity contribution in [3.63, 3.8) is 0 Å². The Morgan fingerprint density at radius 2 is 2.19 bits per heavy atom. The molecule has 1 aromatic carbocycles. The lowest BCUT2D eigenvalue weighted by Crippen LogP contribution is -2.34.